The number of amides is 2. The van der Waals surface area contributed by atoms with Crippen LogP contribution < -0.4 is 0 Å². The zero-order chi connectivity index (χ0) is 23.3. The van der Waals surface area contributed by atoms with Crippen molar-refractivity contribution in [1.82, 2.24) is 5.06 Å². The topological polar surface area (TPSA) is 46.6 Å². The third-order valence-electron chi connectivity index (χ3n) is 4.98. The molecule has 0 aliphatic carbocycles. The summed E-state index contributed by atoms with van der Waals surface area (Å²) >= 11 is 0.585. The Kier molecular flexibility index (Phi) is 5.77. The molecule has 4 rings (SSSR count). The number of nitrogens with zero attached hydrogens (tertiary/aromatic N) is 1. The quantitative estimate of drug-likeness (QED) is 0.300. The maximum Gasteiger partial charge on any atom is 0.470 e. The van der Waals surface area contributed by atoms with Crippen LogP contribution in [0, 0.1) is 0 Å². The molecule has 32 heavy (non-hydrogen) atoms. The molecule has 0 radical (unpaired) electrons. The minimum atomic E-state index is -4.75. The second-order valence-corrected chi connectivity index (χ2v) is 10.1. The summed E-state index contributed by atoms with van der Waals surface area (Å²) < 4.78 is 42.0. The number of rotatable bonds is 4. The van der Waals surface area contributed by atoms with E-state index in [9.17, 15) is 22.8 Å². The number of hydrogen-bond donors (Lipinski definition) is 0. The van der Waals surface area contributed by atoms with Gasteiger partial charge in [-0.1, -0.05) is 56.8 Å². The van der Waals surface area contributed by atoms with Gasteiger partial charge < -0.3 is 0 Å². The summed E-state index contributed by atoms with van der Waals surface area (Å²) in [7, 11) is 0. The molecule has 1 aliphatic rings. The van der Waals surface area contributed by atoms with Crippen LogP contribution in [-0.2, 0) is 9.70 Å². The third kappa shape index (κ3) is 4.37. The van der Waals surface area contributed by atoms with E-state index in [1.165, 1.54) is 29.5 Å². The Morgan fingerprint density at radius 1 is 0.844 bits per heavy atom. The lowest BCUT2D eigenvalue weighted by atomic mass is 9.87. The molecule has 1 aliphatic heterocycles. The van der Waals surface area contributed by atoms with Crippen molar-refractivity contribution >= 4 is 46.4 Å². The molecule has 0 saturated carbocycles. The summed E-state index contributed by atoms with van der Waals surface area (Å²) in [6.07, 6.45) is 0. The van der Waals surface area contributed by atoms with Crippen LogP contribution in [0.15, 0.2) is 64.4 Å². The standard InChI is InChI=1S/C23H18F3NO3S2/c1-22(2,3)13-7-9-14(10-8-13)31-18-12-11-17-19-15(18)5-4-6-16(19)20(28)27(21(17)29)30-32-23(24,25)26/h4-12H,1-3H3. The summed E-state index contributed by atoms with van der Waals surface area (Å²) in [5, 5.41) is 1.25. The number of halogens is 3. The van der Waals surface area contributed by atoms with Crippen LogP contribution in [0.25, 0.3) is 10.8 Å². The van der Waals surface area contributed by atoms with E-state index in [0.29, 0.717) is 10.8 Å². The first-order valence-corrected chi connectivity index (χ1v) is 11.2. The van der Waals surface area contributed by atoms with E-state index in [-0.39, 0.29) is 21.6 Å². The van der Waals surface area contributed by atoms with Gasteiger partial charge in [-0.3, -0.25) is 9.59 Å². The molecule has 3 aromatic carbocycles. The number of benzene rings is 3. The normalized spacial score (nSPS) is 14.4. The van der Waals surface area contributed by atoms with Gasteiger partial charge in [0, 0.05) is 15.2 Å². The predicted octanol–water partition coefficient (Wildman–Crippen LogP) is 6.98. The average molecular weight is 478 g/mol. The maximum atomic E-state index is 12.7. The lowest BCUT2D eigenvalue weighted by Gasteiger charge is -2.26. The van der Waals surface area contributed by atoms with Crippen molar-refractivity contribution in [2.45, 2.75) is 41.5 Å². The molecule has 0 atom stereocenters. The van der Waals surface area contributed by atoms with E-state index in [0.717, 1.165) is 9.79 Å². The molecule has 2 amide bonds. The summed E-state index contributed by atoms with van der Waals surface area (Å²) in [5.74, 6) is -1.86. The minimum absolute atomic E-state index is 0.0303. The van der Waals surface area contributed by atoms with Gasteiger partial charge in [-0.25, -0.2) is 0 Å². The molecule has 0 bridgehead atoms. The van der Waals surface area contributed by atoms with Crippen molar-refractivity contribution in [3.63, 3.8) is 0 Å². The van der Waals surface area contributed by atoms with Crippen molar-refractivity contribution in [1.29, 1.82) is 0 Å². The van der Waals surface area contributed by atoms with Crippen LogP contribution in [0.5, 0.6) is 0 Å². The Labute approximate surface area is 191 Å². The highest BCUT2D eigenvalue weighted by Crippen LogP contribution is 2.40. The fourth-order valence-corrected chi connectivity index (χ4v) is 4.67. The molecule has 0 fully saturated rings. The van der Waals surface area contributed by atoms with Gasteiger partial charge >= 0.3 is 5.51 Å². The van der Waals surface area contributed by atoms with Gasteiger partial charge in [0.15, 0.2) is 0 Å². The van der Waals surface area contributed by atoms with E-state index in [2.05, 4.69) is 37.2 Å². The molecule has 4 nitrogen and oxygen atoms in total. The van der Waals surface area contributed by atoms with Crippen molar-refractivity contribution in [3.05, 3.63) is 71.3 Å². The third-order valence-corrected chi connectivity index (χ3v) is 6.48. The molecule has 0 saturated heterocycles. The van der Waals surface area contributed by atoms with Gasteiger partial charge in [-0.2, -0.15) is 17.5 Å². The maximum absolute atomic E-state index is 12.7. The Balaban J connectivity index is 1.70. The Hall–Kier alpha value is -2.49. The number of hydrogen-bond acceptors (Lipinski definition) is 5. The first-order chi connectivity index (χ1) is 15.0. The lowest BCUT2D eigenvalue weighted by molar-refractivity contribution is -0.0570. The molecule has 166 valence electrons. The van der Waals surface area contributed by atoms with Crippen LogP contribution in [0.3, 0.4) is 0 Å². The number of imide groups is 1. The van der Waals surface area contributed by atoms with Crippen molar-refractivity contribution < 1.29 is 27.0 Å². The monoisotopic (exact) mass is 477 g/mol. The fraction of sp³-hybridized carbons (Fsp3) is 0.217. The van der Waals surface area contributed by atoms with Crippen molar-refractivity contribution in [3.8, 4) is 0 Å². The lowest BCUT2D eigenvalue weighted by Crippen LogP contribution is -2.39. The highest BCUT2D eigenvalue weighted by atomic mass is 32.2. The van der Waals surface area contributed by atoms with Crippen LogP contribution in [-0.4, -0.2) is 22.4 Å². The molecule has 9 heteroatoms. The van der Waals surface area contributed by atoms with Crippen LogP contribution in [0.1, 0.15) is 47.1 Å². The van der Waals surface area contributed by atoms with Gasteiger partial charge in [0.1, 0.15) is 12.0 Å². The fourth-order valence-electron chi connectivity index (χ4n) is 3.43. The largest absolute Gasteiger partial charge is 0.470 e. The van der Waals surface area contributed by atoms with E-state index in [1.54, 1.807) is 18.2 Å². The SMILES string of the molecule is CC(C)(C)c1ccc(Sc2ccc3c4c(cccc24)C(=O)N(OSC(F)(F)F)C3=O)cc1. The molecule has 1 heterocycles. The number of hydroxylamine groups is 2. The van der Waals surface area contributed by atoms with Crippen LogP contribution >= 0.6 is 23.8 Å². The zero-order valence-electron chi connectivity index (χ0n) is 17.3. The van der Waals surface area contributed by atoms with Gasteiger partial charge in [0.25, 0.3) is 11.8 Å². The highest BCUT2D eigenvalue weighted by Gasteiger charge is 2.39. The Morgan fingerprint density at radius 3 is 2.06 bits per heavy atom. The average Bonchev–Trinajstić information content (AvgIpc) is 2.71. The first-order valence-electron chi connectivity index (χ1n) is 9.61. The van der Waals surface area contributed by atoms with E-state index in [1.807, 2.05) is 12.1 Å². The summed E-state index contributed by atoms with van der Waals surface area (Å²) in [6, 6.07) is 16.3. The Bertz CT molecular complexity index is 1200. The zero-order valence-corrected chi connectivity index (χ0v) is 19.0. The number of carbonyl (C=O) groups is 2. The minimum Gasteiger partial charge on any atom is -0.266 e. The molecular formula is C23H18F3NO3S2. The summed E-state index contributed by atoms with van der Waals surface area (Å²) in [6.45, 7) is 6.40. The van der Waals surface area contributed by atoms with Gasteiger partial charge in [-0.05, 0) is 46.7 Å². The second-order valence-electron chi connectivity index (χ2n) is 8.22. The smallest absolute Gasteiger partial charge is 0.266 e. The summed E-state index contributed by atoms with van der Waals surface area (Å²) in [5.41, 5.74) is -3.29. The van der Waals surface area contributed by atoms with E-state index in [4.69, 9.17) is 0 Å². The van der Waals surface area contributed by atoms with E-state index >= 15 is 0 Å². The van der Waals surface area contributed by atoms with Gasteiger partial charge in [0.2, 0.25) is 0 Å². The van der Waals surface area contributed by atoms with Crippen LogP contribution in [0.2, 0.25) is 0 Å². The van der Waals surface area contributed by atoms with Gasteiger partial charge in [0.05, 0.1) is 11.1 Å². The molecule has 0 spiro atoms. The molecular weight excluding hydrogens is 459 g/mol. The van der Waals surface area contributed by atoms with Crippen LogP contribution in [0.4, 0.5) is 13.2 Å². The molecule has 0 unspecified atom stereocenters. The van der Waals surface area contributed by atoms with E-state index < -0.39 is 29.4 Å². The molecule has 0 N–H and O–H groups in total. The highest BCUT2D eigenvalue weighted by molar-refractivity contribution is 7.99. The van der Waals surface area contributed by atoms with Crippen molar-refractivity contribution in [2.24, 2.45) is 0 Å². The van der Waals surface area contributed by atoms with Crippen molar-refractivity contribution in [2.75, 3.05) is 0 Å². The number of alkyl halides is 3. The summed E-state index contributed by atoms with van der Waals surface area (Å²) in [4.78, 5) is 27.3. The van der Waals surface area contributed by atoms with Gasteiger partial charge in [-0.15, -0.1) is 5.06 Å². The first kappa shape index (κ1) is 22.7. The molecule has 0 aromatic heterocycles. The molecule has 3 aromatic rings. The Morgan fingerprint density at radius 2 is 1.47 bits per heavy atom. The predicted molar refractivity (Wildman–Crippen MR) is 118 cm³/mol. The second kappa shape index (κ2) is 8.13. The number of carbonyl (C=O) groups excluding carboxylic acids is 2.